The Balaban J connectivity index is 1.08. The Kier molecular flexibility index (Phi) is 6.98. The van der Waals surface area contributed by atoms with Gasteiger partial charge in [-0.15, -0.1) is 22.7 Å². The molecule has 12 aromatic rings. The Labute approximate surface area is 345 Å². The minimum absolute atomic E-state index is 0.599. The summed E-state index contributed by atoms with van der Waals surface area (Å²) in [5, 5.41) is 13.5. The highest BCUT2D eigenvalue weighted by molar-refractivity contribution is 7.26. The smallest absolute Gasteiger partial charge is 0.237 e. The lowest BCUT2D eigenvalue weighted by atomic mass is 10.1. The van der Waals surface area contributed by atoms with Crippen molar-refractivity contribution in [3.63, 3.8) is 0 Å². The lowest BCUT2D eigenvalue weighted by Crippen LogP contribution is -2.21. The molecule has 1 aliphatic heterocycles. The molecular weight excluding hydrogens is 759 g/mol. The van der Waals surface area contributed by atoms with Crippen molar-refractivity contribution in [2.24, 2.45) is 9.98 Å². The molecule has 0 amide bonds. The third-order valence-electron chi connectivity index (χ3n) is 11.8. The van der Waals surface area contributed by atoms with Crippen molar-refractivity contribution >= 4 is 124 Å². The summed E-state index contributed by atoms with van der Waals surface area (Å²) in [5.41, 5.74) is 8.42. The molecule has 1 aliphatic rings. The molecule has 0 atom stereocenters. The van der Waals surface area contributed by atoms with E-state index >= 15 is 0 Å². The average molecular weight is 790 g/mol. The normalized spacial score (nSPS) is 13.5. The van der Waals surface area contributed by atoms with E-state index in [4.69, 9.17) is 9.98 Å². The van der Waals surface area contributed by atoms with Crippen molar-refractivity contribution in [3.05, 3.63) is 193 Å². The highest BCUT2D eigenvalue weighted by atomic mass is 32.1. The SMILES string of the molecule is C1=C(c2ccc3c(c2)sc2ccccc23)N=C(n2c3ccccc3c3c4c5ccccc5n(-c5ccccc5)c4ccc32)N=C(c2ccc3c(c2)sc2ccccc23)N1. The van der Waals surface area contributed by atoms with Crippen molar-refractivity contribution in [1.82, 2.24) is 14.5 Å². The molecule has 0 radical (unpaired) electrons. The second-order valence-corrected chi connectivity index (χ2v) is 17.2. The third kappa shape index (κ3) is 4.89. The maximum Gasteiger partial charge on any atom is 0.237 e. The van der Waals surface area contributed by atoms with Gasteiger partial charge in [-0.3, -0.25) is 4.57 Å². The van der Waals surface area contributed by atoms with Crippen LogP contribution in [0.15, 0.2) is 192 Å². The Hall–Kier alpha value is -7.32. The van der Waals surface area contributed by atoms with Crippen LogP contribution in [0.2, 0.25) is 0 Å². The minimum Gasteiger partial charge on any atom is -0.344 e. The van der Waals surface area contributed by atoms with Crippen LogP contribution in [0.3, 0.4) is 0 Å². The highest BCUT2D eigenvalue weighted by Gasteiger charge is 2.23. The number of aliphatic imine (C=N–C) groups is 2. The van der Waals surface area contributed by atoms with Crippen molar-refractivity contribution in [3.8, 4) is 5.69 Å². The molecule has 5 heterocycles. The summed E-state index contributed by atoms with van der Waals surface area (Å²) in [6.07, 6.45) is 2.02. The number of benzene rings is 8. The van der Waals surface area contributed by atoms with E-state index in [2.05, 4.69) is 190 Å². The number of para-hydroxylation sites is 3. The number of hydrogen-bond acceptors (Lipinski definition) is 5. The largest absolute Gasteiger partial charge is 0.344 e. The van der Waals surface area contributed by atoms with E-state index in [1.54, 1.807) is 0 Å². The number of nitrogens with one attached hydrogen (secondary N) is 1. The van der Waals surface area contributed by atoms with Crippen LogP contribution in [-0.2, 0) is 0 Å². The Morgan fingerprint density at radius 2 is 0.898 bits per heavy atom. The first-order chi connectivity index (χ1) is 29.2. The lowest BCUT2D eigenvalue weighted by molar-refractivity contribution is 1.18. The second kappa shape index (κ2) is 12.6. The predicted molar refractivity (Wildman–Crippen MR) is 253 cm³/mol. The Morgan fingerprint density at radius 3 is 1.56 bits per heavy atom. The summed E-state index contributed by atoms with van der Waals surface area (Å²) in [4.78, 5) is 11.0. The minimum atomic E-state index is 0.599. The van der Waals surface area contributed by atoms with Crippen LogP contribution in [0.1, 0.15) is 11.1 Å². The second-order valence-electron chi connectivity index (χ2n) is 15.1. The fraction of sp³-hybridized carbons (Fsp3) is 0. The zero-order chi connectivity index (χ0) is 38.6. The van der Waals surface area contributed by atoms with Crippen LogP contribution < -0.4 is 5.32 Å². The van der Waals surface area contributed by atoms with Crippen LogP contribution in [0, 0.1) is 0 Å². The van der Waals surface area contributed by atoms with Gasteiger partial charge < -0.3 is 9.88 Å². The van der Waals surface area contributed by atoms with Gasteiger partial charge in [-0.2, -0.15) is 4.99 Å². The van der Waals surface area contributed by atoms with E-state index < -0.39 is 0 Å². The van der Waals surface area contributed by atoms with Gasteiger partial charge in [0.1, 0.15) is 5.84 Å². The molecule has 8 aromatic carbocycles. The van der Waals surface area contributed by atoms with Gasteiger partial charge in [-0.1, -0.05) is 115 Å². The van der Waals surface area contributed by atoms with E-state index in [1.165, 1.54) is 62.0 Å². The molecule has 0 unspecified atom stereocenters. The van der Waals surface area contributed by atoms with Crippen LogP contribution in [0.4, 0.5) is 0 Å². The number of aromatic nitrogens is 2. The van der Waals surface area contributed by atoms with Crippen molar-refractivity contribution in [2.45, 2.75) is 0 Å². The predicted octanol–water partition coefficient (Wildman–Crippen LogP) is 13.9. The molecule has 0 aliphatic carbocycles. The summed E-state index contributed by atoms with van der Waals surface area (Å²) in [7, 11) is 0. The first-order valence-electron chi connectivity index (χ1n) is 19.7. The van der Waals surface area contributed by atoms with Gasteiger partial charge in [-0.05, 0) is 60.7 Å². The van der Waals surface area contributed by atoms with E-state index in [-0.39, 0.29) is 0 Å². The van der Waals surface area contributed by atoms with Gasteiger partial charge in [0.05, 0.1) is 27.8 Å². The average Bonchev–Trinajstić information content (AvgIpc) is 4.00. The third-order valence-corrected chi connectivity index (χ3v) is 14.1. The topological polar surface area (TPSA) is 46.6 Å². The molecule has 0 fully saturated rings. The van der Waals surface area contributed by atoms with Crippen molar-refractivity contribution < 1.29 is 0 Å². The molecule has 0 bridgehead atoms. The molecule has 59 heavy (non-hydrogen) atoms. The lowest BCUT2D eigenvalue weighted by Gasteiger charge is -2.10. The van der Waals surface area contributed by atoms with Gasteiger partial charge in [0, 0.05) is 84.9 Å². The summed E-state index contributed by atoms with van der Waals surface area (Å²) >= 11 is 3.63. The fourth-order valence-electron chi connectivity index (χ4n) is 9.18. The zero-order valence-corrected chi connectivity index (χ0v) is 33.1. The number of nitrogens with zero attached hydrogens (tertiary/aromatic N) is 4. The van der Waals surface area contributed by atoms with Crippen molar-refractivity contribution in [2.75, 3.05) is 0 Å². The van der Waals surface area contributed by atoms with Gasteiger partial charge in [0.25, 0.3) is 0 Å². The van der Waals surface area contributed by atoms with Crippen LogP contribution in [0.25, 0.3) is 95.3 Å². The molecule has 0 saturated carbocycles. The molecule has 0 spiro atoms. The molecule has 4 aromatic heterocycles. The van der Waals surface area contributed by atoms with Gasteiger partial charge in [-0.25, -0.2) is 4.99 Å². The summed E-state index contributed by atoms with van der Waals surface area (Å²) in [6, 6.07) is 63.3. The molecule has 13 rings (SSSR count). The maximum absolute atomic E-state index is 5.51. The first kappa shape index (κ1) is 32.7. The monoisotopic (exact) mass is 789 g/mol. The maximum atomic E-state index is 5.51. The number of hydrogen-bond donors (Lipinski definition) is 1. The zero-order valence-electron chi connectivity index (χ0n) is 31.4. The van der Waals surface area contributed by atoms with Gasteiger partial charge >= 0.3 is 0 Å². The molecule has 0 saturated heterocycles. The van der Waals surface area contributed by atoms with Gasteiger partial charge in [0.15, 0.2) is 0 Å². The Bertz CT molecular complexity index is 3820. The van der Waals surface area contributed by atoms with E-state index in [1.807, 2.05) is 28.9 Å². The molecule has 5 nitrogen and oxygen atoms in total. The van der Waals surface area contributed by atoms with E-state index in [9.17, 15) is 0 Å². The summed E-state index contributed by atoms with van der Waals surface area (Å²) < 4.78 is 9.66. The van der Waals surface area contributed by atoms with Crippen molar-refractivity contribution in [1.29, 1.82) is 0 Å². The van der Waals surface area contributed by atoms with Crippen LogP contribution in [-0.4, -0.2) is 20.9 Å². The van der Waals surface area contributed by atoms with E-state index in [0.29, 0.717) is 5.96 Å². The molecular formula is C52H31N5S2. The highest BCUT2D eigenvalue weighted by Crippen LogP contribution is 2.42. The summed E-state index contributed by atoms with van der Waals surface area (Å²) in [6.45, 7) is 0. The molecule has 7 heteroatoms. The molecule has 1 N–H and O–H groups in total. The van der Waals surface area contributed by atoms with Crippen LogP contribution >= 0.6 is 22.7 Å². The van der Waals surface area contributed by atoms with Gasteiger partial charge in [0.2, 0.25) is 5.96 Å². The number of thiophene rings is 2. The van der Waals surface area contributed by atoms with E-state index in [0.717, 1.165) is 50.3 Å². The molecule has 276 valence electrons. The number of amidine groups is 1. The van der Waals surface area contributed by atoms with Crippen LogP contribution in [0.5, 0.6) is 0 Å². The first-order valence-corrected chi connectivity index (χ1v) is 21.4. The quantitative estimate of drug-likeness (QED) is 0.190. The number of fused-ring (bicyclic) bond motifs is 13. The fourth-order valence-corrected chi connectivity index (χ4v) is 11.5. The number of rotatable bonds is 3. The standard InChI is InChI=1S/C52H31N5S2/c1-2-12-33(13-3-1)56-41-18-8-4-16-38(41)49-43(56)26-27-44-50(49)39-17-5-9-19-42(39)57(44)52-54-40(31-22-24-36-34-14-6-10-20-45(34)58-47(36)28-31)30-53-51(55-52)32-23-25-37-35-15-7-11-21-46(35)59-48(37)29-32/h1-30H,(H,53,54,55). The summed E-state index contributed by atoms with van der Waals surface area (Å²) in [5.74, 6) is 1.34. The Morgan fingerprint density at radius 1 is 0.390 bits per heavy atom.